The molecule has 0 aliphatic heterocycles. The van der Waals surface area contributed by atoms with Gasteiger partial charge in [0.15, 0.2) is 0 Å². The number of carbonyl (C=O) groups excluding carboxylic acids is 1. The second-order valence-corrected chi connectivity index (χ2v) is 4.92. The second kappa shape index (κ2) is 5.69. The van der Waals surface area contributed by atoms with Crippen LogP contribution in [0.1, 0.15) is 21.9 Å². The van der Waals surface area contributed by atoms with Crippen LogP contribution in [0.2, 0.25) is 5.02 Å². The zero-order chi connectivity index (χ0) is 15.7. The Kier molecular flexibility index (Phi) is 3.72. The van der Waals surface area contributed by atoms with Crippen molar-refractivity contribution in [2.75, 3.05) is 0 Å². The molecule has 0 bridgehead atoms. The number of esters is 1. The minimum Gasteiger partial charge on any atom is -0.455 e. The predicted octanol–water partition coefficient (Wildman–Crippen LogP) is 2.58. The molecule has 0 fully saturated rings. The van der Waals surface area contributed by atoms with Gasteiger partial charge in [-0.15, -0.1) is 5.10 Å². The minimum atomic E-state index is -0.774. The highest BCUT2D eigenvalue weighted by Gasteiger charge is 2.17. The summed E-state index contributed by atoms with van der Waals surface area (Å²) < 4.78 is 20.0. The molecule has 8 heteroatoms. The molecule has 0 aliphatic carbocycles. The molecule has 0 aliphatic rings. The molecule has 0 unspecified atom stereocenters. The van der Waals surface area contributed by atoms with Crippen molar-refractivity contribution in [3.05, 3.63) is 58.4 Å². The van der Waals surface area contributed by atoms with Crippen molar-refractivity contribution in [2.45, 2.75) is 13.5 Å². The zero-order valence-electron chi connectivity index (χ0n) is 11.5. The molecule has 0 saturated carbocycles. The second-order valence-electron chi connectivity index (χ2n) is 4.51. The van der Waals surface area contributed by atoms with Crippen LogP contribution in [-0.2, 0) is 11.3 Å². The number of aryl methyl sites for hydroxylation is 1. The SMILES string of the molecule is Cc1ccnc2nc(C(=O)OCc3c(F)cccc3Cl)nn12. The molecular formula is C14H10ClFN4O2. The van der Waals surface area contributed by atoms with E-state index in [0.29, 0.717) is 0 Å². The van der Waals surface area contributed by atoms with E-state index < -0.39 is 11.8 Å². The summed E-state index contributed by atoms with van der Waals surface area (Å²) in [7, 11) is 0. The van der Waals surface area contributed by atoms with Crippen molar-refractivity contribution < 1.29 is 13.9 Å². The standard InChI is InChI=1S/C14H10ClFN4O2/c1-8-5-6-17-14-18-12(19-20(8)14)13(21)22-7-9-10(15)3-2-4-11(9)16/h2-6H,7H2,1H3. The number of rotatable bonds is 3. The van der Waals surface area contributed by atoms with Crippen molar-refractivity contribution in [2.24, 2.45) is 0 Å². The number of hydrogen-bond acceptors (Lipinski definition) is 5. The Morgan fingerprint density at radius 3 is 2.95 bits per heavy atom. The van der Waals surface area contributed by atoms with Crippen LogP contribution in [0.25, 0.3) is 5.78 Å². The van der Waals surface area contributed by atoms with E-state index in [0.717, 1.165) is 5.69 Å². The van der Waals surface area contributed by atoms with Gasteiger partial charge in [0.05, 0.1) is 5.02 Å². The highest BCUT2D eigenvalue weighted by Crippen LogP contribution is 2.20. The summed E-state index contributed by atoms with van der Waals surface area (Å²) in [6.45, 7) is 1.50. The highest BCUT2D eigenvalue weighted by molar-refractivity contribution is 6.31. The first kappa shape index (κ1) is 14.4. The van der Waals surface area contributed by atoms with Crippen molar-refractivity contribution >= 4 is 23.3 Å². The van der Waals surface area contributed by atoms with Gasteiger partial charge >= 0.3 is 5.97 Å². The lowest BCUT2D eigenvalue weighted by molar-refractivity contribution is 0.0455. The summed E-state index contributed by atoms with van der Waals surface area (Å²) in [6.07, 6.45) is 1.56. The average molecular weight is 321 g/mol. The van der Waals surface area contributed by atoms with Crippen LogP contribution in [-0.4, -0.2) is 25.6 Å². The van der Waals surface area contributed by atoms with Gasteiger partial charge in [0.2, 0.25) is 0 Å². The number of aromatic nitrogens is 4. The molecule has 3 rings (SSSR count). The lowest BCUT2D eigenvalue weighted by Crippen LogP contribution is -2.09. The van der Waals surface area contributed by atoms with Crippen LogP contribution < -0.4 is 0 Å². The largest absolute Gasteiger partial charge is 0.455 e. The quantitative estimate of drug-likeness (QED) is 0.694. The normalized spacial score (nSPS) is 10.9. The van der Waals surface area contributed by atoms with Gasteiger partial charge in [-0.3, -0.25) is 0 Å². The molecule has 0 amide bonds. The van der Waals surface area contributed by atoms with Crippen LogP contribution in [0.3, 0.4) is 0 Å². The fourth-order valence-corrected chi connectivity index (χ4v) is 2.08. The van der Waals surface area contributed by atoms with Gasteiger partial charge in [0.1, 0.15) is 12.4 Å². The Bertz CT molecular complexity index is 845. The summed E-state index contributed by atoms with van der Waals surface area (Å²) >= 11 is 5.87. The first-order valence-electron chi connectivity index (χ1n) is 6.34. The third kappa shape index (κ3) is 2.62. The van der Waals surface area contributed by atoms with Gasteiger partial charge in [0.25, 0.3) is 11.6 Å². The smallest absolute Gasteiger partial charge is 0.378 e. The molecule has 2 heterocycles. The number of fused-ring (bicyclic) bond motifs is 1. The van der Waals surface area contributed by atoms with E-state index in [2.05, 4.69) is 15.1 Å². The summed E-state index contributed by atoms with van der Waals surface area (Å²) in [6, 6.07) is 5.97. The molecule has 6 nitrogen and oxygen atoms in total. The maximum absolute atomic E-state index is 13.6. The Hall–Kier alpha value is -2.54. The molecule has 0 N–H and O–H groups in total. The third-order valence-electron chi connectivity index (χ3n) is 3.02. The lowest BCUT2D eigenvalue weighted by Gasteiger charge is -2.05. The van der Waals surface area contributed by atoms with Crippen LogP contribution >= 0.6 is 11.6 Å². The molecule has 0 saturated heterocycles. The van der Waals surface area contributed by atoms with Gasteiger partial charge in [-0.05, 0) is 25.1 Å². The summed E-state index contributed by atoms with van der Waals surface area (Å²) in [5.41, 5.74) is 0.879. The van der Waals surface area contributed by atoms with Crippen molar-refractivity contribution in [1.82, 2.24) is 19.6 Å². The molecule has 0 atom stereocenters. The Morgan fingerprint density at radius 1 is 1.41 bits per heavy atom. The monoisotopic (exact) mass is 320 g/mol. The van der Waals surface area contributed by atoms with Crippen LogP contribution in [0, 0.1) is 12.7 Å². The molecule has 112 valence electrons. The highest BCUT2D eigenvalue weighted by atomic mass is 35.5. The minimum absolute atomic E-state index is 0.107. The van der Waals surface area contributed by atoms with E-state index in [-0.39, 0.29) is 28.8 Å². The van der Waals surface area contributed by atoms with E-state index in [1.807, 2.05) is 0 Å². The maximum atomic E-state index is 13.6. The molecule has 0 radical (unpaired) electrons. The van der Waals surface area contributed by atoms with Crippen LogP contribution in [0.15, 0.2) is 30.5 Å². The van der Waals surface area contributed by atoms with Gasteiger partial charge in [-0.2, -0.15) is 4.98 Å². The number of hydrogen-bond donors (Lipinski definition) is 0. The van der Waals surface area contributed by atoms with E-state index in [1.165, 1.54) is 22.7 Å². The van der Waals surface area contributed by atoms with E-state index >= 15 is 0 Å². The topological polar surface area (TPSA) is 69.4 Å². The molecule has 3 aromatic rings. The van der Waals surface area contributed by atoms with Crippen molar-refractivity contribution in [1.29, 1.82) is 0 Å². The van der Waals surface area contributed by atoms with Gasteiger partial charge in [0, 0.05) is 17.5 Å². The number of carbonyl (C=O) groups is 1. The first-order chi connectivity index (χ1) is 10.6. The fraction of sp³-hybridized carbons (Fsp3) is 0.143. The lowest BCUT2D eigenvalue weighted by atomic mass is 10.2. The summed E-state index contributed by atoms with van der Waals surface area (Å²) in [5.74, 6) is -1.17. The van der Waals surface area contributed by atoms with E-state index in [9.17, 15) is 9.18 Å². The van der Waals surface area contributed by atoms with E-state index in [4.69, 9.17) is 16.3 Å². The fourth-order valence-electron chi connectivity index (χ4n) is 1.87. The number of halogens is 2. The van der Waals surface area contributed by atoms with Crippen molar-refractivity contribution in [3.63, 3.8) is 0 Å². The van der Waals surface area contributed by atoms with Crippen molar-refractivity contribution in [3.8, 4) is 0 Å². The third-order valence-corrected chi connectivity index (χ3v) is 3.38. The number of nitrogens with zero attached hydrogens (tertiary/aromatic N) is 4. The number of benzene rings is 1. The Balaban J connectivity index is 1.80. The molecule has 1 aromatic carbocycles. The predicted molar refractivity (Wildman–Crippen MR) is 76.0 cm³/mol. The van der Waals surface area contributed by atoms with Gasteiger partial charge in [-0.1, -0.05) is 17.7 Å². The summed E-state index contributed by atoms with van der Waals surface area (Å²) in [5, 5.41) is 4.20. The molecule has 0 spiro atoms. The zero-order valence-corrected chi connectivity index (χ0v) is 12.2. The molecule has 2 aromatic heterocycles. The van der Waals surface area contributed by atoms with Gasteiger partial charge < -0.3 is 4.74 Å². The van der Waals surface area contributed by atoms with Crippen LogP contribution in [0.4, 0.5) is 4.39 Å². The summed E-state index contributed by atoms with van der Waals surface area (Å²) in [4.78, 5) is 19.9. The number of ether oxygens (including phenoxy) is 1. The molecule has 22 heavy (non-hydrogen) atoms. The average Bonchev–Trinajstić information content (AvgIpc) is 2.92. The maximum Gasteiger partial charge on any atom is 0.378 e. The molecular weight excluding hydrogens is 311 g/mol. The van der Waals surface area contributed by atoms with Crippen LogP contribution in [0.5, 0.6) is 0 Å². The Morgan fingerprint density at radius 2 is 2.23 bits per heavy atom. The van der Waals surface area contributed by atoms with E-state index in [1.54, 1.807) is 19.2 Å². The Labute approximate surface area is 129 Å². The van der Waals surface area contributed by atoms with Gasteiger partial charge in [-0.25, -0.2) is 18.7 Å². The first-order valence-corrected chi connectivity index (χ1v) is 6.72.